The number of rotatable bonds is 0. The molecular weight excluding hydrogens is 392 g/mol. The molecule has 0 spiro atoms. The normalized spacial score (nSPS) is 22.0. The first-order valence-corrected chi connectivity index (χ1v) is 9.18. The summed E-state index contributed by atoms with van der Waals surface area (Å²) >= 11 is 0. The summed E-state index contributed by atoms with van der Waals surface area (Å²) in [6.45, 7) is 15.3. The van der Waals surface area contributed by atoms with Gasteiger partial charge in [-0.2, -0.15) is 0 Å². The van der Waals surface area contributed by atoms with Crippen LogP contribution in [-0.4, -0.2) is 35.4 Å². The molecule has 1 fully saturated rings. The Morgan fingerprint density at radius 2 is 1.17 bits per heavy atom. The van der Waals surface area contributed by atoms with E-state index in [0.717, 1.165) is 5.57 Å². The number of carbonyl (C=O) groups is 6. The molecule has 30 heavy (non-hydrogen) atoms. The van der Waals surface area contributed by atoms with E-state index in [2.05, 4.69) is 16.1 Å². The van der Waals surface area contributed by atoms with Crippen LogP contribution in [0.1, 0.15) is 54.9 Å². The number of cyclic esters (lactones) is 4. The number of Topliss-reactive ketones (excluding diaryl/α,β-unsaturated/α-hetero) is 2. The third kappa shape index (κ3) is 4.87. The van der Waals surface area contributed by atoms with Gasteiger partial charge in [-0.15, -0.1) is 0 Å². The van der Waals surface area contributed by atoms with E-state index in [-0.39, 0.29) is 18.0 Å². The molecule has 3 rings (SSSR count). The molecule has 0 bridgehead atoms. The van der Waals surface area contributed by atoms with Crippen molar-refractivity contribution in [3.8, 4) is 0 Å². The highest BCUT2D eigenvalue weighted by Gasteiger charge is 2.57. The summed E-state index contributed by atoms with van der Waals surface area (Å²) in [6.07, 6.45) is 1.85. The van der Waals surface area contributed by atoms with Gasteiger partial charge in [-0.05, 0) is 54.0 Å². The molecule has 0 aromatic carbocycles. The van der Waals surface area contributed by atoms with Gasteiger partial charge < -0.3 is 9.47 Å². The Morgan fingerprint density at radius 3 is 1.40 bits per heavy atom. The topological polar surface area (TPSA) is 121 Å². The van der Waals surface area contributed by atoms with E-state index in [4.69, 9.17) is 0 Å². The molecule has 0 saturated carbocycles. The van der Waals surface area contributed by atoms with Crippen molar-refractivity contribution in [2.75, 3.05) is 0 Å². The minimum absolute atomic E-state index is 0.191. The van der Waals surface area contributed by atoms with E-state index >= 15 is 0 Å². The van der Waals surface area contributed by atoms with E-state index < -0.39 is 34.7 Å². The smallest absolute Gasteiger partial charge is 0.342 e. The van der Waals surface area contributed by atoms with Gasteiger partial charge in [-0.3, -0.25) is 19.2 Å². The Balaban J connectivity index is 0.000000226. The summed E-state index contributed by atoms with van der Waals surface area (Å²) in [7, 11) is 0. The van der Waals surface area contributed by atoms with Crippen molar-refractivity contribution in [1.29, 1.82) is 0 Å². The number of allylic oxidation sites excluding steroid dienone is 3. The van der Waals surface area contributed by atoms with Gasteiger partial charge >= 0.3 is 23.9 Å². The number of hydrogen-bond donors (Lipinski definition) is 0. The summed E-state index contributed by atoms with van der Waals surface area (Å²) in [5.74, 6) is -2.59. The zero-order chi connectivity index (χ0) is 23.6. The van der Waals surface area contributed by atoms with E-state index in [9.17, 15) is 28.8 Å². The van der Waals surface area contributed by atoms with Crippen LogP contribution in [0.5, 0.6) is 0 Å². The van der Waals surface area contributed by atoms with E-state index in [0.29, 0.717) is 16.7 Å². The highest BCUT2D eigenvalue weighted by atomic mass is 16.6. The van der Waals surface area contributed by atoms with E-state index in [1.807, 2.05) is 0 Å². The Labute approximate surface area is 175 Å². The summed E-state index contributed by atoms with van der Waals surface area (Å²) in [6, 6.07) is 0. The zero-order valence-corrected chi connectivity index (χ0v) is 18.3. The second-order valence-electron chi connectivity index (χ2n) is 8.27. The predicted molar refractivity (Wildman–Crippen MR) is 106 cm³/mol. The van der Waals surface area contributed by atoms with Crippen molar-refractivity contribution in [2.24, 2.45) is 10.8 Å². The number of ketones is 2. The molecule has 1 aliphatic carbocycles. The molecule has 0 atom stereocenters. The van der Waals surface area contributed by atoms with Crippen molar-refractivity contribution in [3.05, 3.63) is 34.9 Å². The average molecular weight is 418 g/mol. The fraction of sp³-hybridized carbons (Fsp3) is 0.455. The van der Waals surface area contributed by atoms with Crippen LogP contribution in [0.4, 0.5) is 0 Å². The number of hydrogen-bond acceptors (Lipinski definition) is 8. The second-order valence-corrected chi connectivity index (χ2v) is 8.27. The minimum atomic E-state index is -0.690. The molecular formula is C22H26O8. The average Bonchev–Trinajstić information content (AvgIpc) is 2.93. The Bertz CT molecular complexity index is 879. The zero-order valence-electron chi connectivity index (χ0n) is 18.3. The van der Waals surface area contributed by atoms with Gasteiger partial charge in [0.05, 0.1) is 10.8 Å². The van der Waals surface area contributed by atoms with Crippen molar-refractivity contribution >= 4 is 35.4 Å². The van der Waals surface area contributed by atoms with Crippen molar-refractivity contribution in [3.63, 3.8) is 0 Å². The van der Waals surface area contributed by atoms with Crippen LogP contribution in [-0.2, 0) is 38.2 Å². The van der Waals surface area contributed by atoms with Crippen LogP contribution in [0, 0.1) is 10.8 Å². The largest absolute Gasteiger partial charge is 0.392 e. The van der Waals surface area contributed by atoms with Gasteiger partial charge in [0.25, 0.3) is 0 Å². The van der Waals surface area contributed by atoms with E-state index in [1.54, 1.807) is 54.5 Å². The highest BCUT2D eigenvalue weighted by molar-refractivity contribution is 6.44. The third-order valence-electron chi connectivity index (χ3n) is 5.55. The van der Waals surface area contributed by atoms with Gasteiger partial charge in [0, 0.05) is 23.1 Å². The molecule has 162 valence electrons. The maximum atomic E-state index is 11.1. The van der Waals surface area contributed by atoms with Crippen LogP contribution < -0.4 is 0 Å². The highest BCUT2D eigenvalue weighted by Crippen LogP contribution is 2.45. The van der Waals surface area contributed by atoms with Gasteiger partial charge in [-0.1, -0.05) is 12.7 Å². The molecule has 3 aliphatic rings. The molecule has 2 aliphatic heterocycles. The van der Waals surface area contributed by atoms with E-state index in [1.165, 1.54) is 0 Å². The number of ether oxygens (including phenoxy) is 2. The molecule has 0 N–H and O–H groups in total. The molecule has 2 heterocycles. The fourth-order valence-corrected chi connectivity index (χ4v) is 2.32. The number of carbonyl (C=O) groups excluding carboxylic acids is 6. The summed E-state index contributed by atoms with van der Waals surface area (Å²) in [4.78, 5) is 64.7. The van der Waals surface area contributed by atoms with Crippen LogP contribution in [0.15, 0.2) is 34.9 Å². The minimum Gasteiger partial charge on any atom is -0.392 e. The quantitative estimate of drug-likeness (QED) is 0.334. The fourth-order valence-electron chi connectivity index (χ4n) is 2.32. The monoisotopic (exact) mass is 418 g/mol. The molecule has 8 heteroatoms. The van der Waals surface area contributed by atoms with Gasteiger partial charge in [0.15, 0.2) is 0 Å². The summed E-state index contributed by atoms with van der Waals surface area (Å²) in [5, 5.41) is 0. The lowest BCUT2D eigenvalue weighted by atomic mass is 9.70. The Morgan fingerprint density at radius 1 is 0.767 bits per heavy atom. The molecule has 0 radical (unpaired) electrons. The lowest BCUT2D eigenvalue weighted by Crippen LogP contribution is -2.35. The van der Waals surface area contributed by atoms with Gasteiger partial charge in [-0.25, -0.2) is 9.59 Å². The maximum absolute atomic E-state index is 11.1. The molecule has 0 aromatic rings. The lowest BCUT2D eigenvalue weighted by molar-refractivity contribution is -0.156. The predicted octanol–water partition coefficient (Wildman–Crippen LogP) is 2.56. The Hall–Kier alpha value is -3.16. The summed E-state index contributed by atoms with van der Waals surface area (Å²) < 4.78 is 8.75. The van der Waals surface area contributed by atoms with Gasteiger partial charge in [0.1, 0.15) is 0 Å². The van der Waals surface area contributed by atoms with Crippen LogP contribution >= 0.6 is 0 Å². The standard InChI is InChI=1S/C8H12O3.C8H8O2.C6H6O3/c1-7(2)5(9)11-6(10)8(7,3)4;1-5-3-6(2)8(10)7(9)4-5;1-3-4(2)6(8)9-5(3)7/h1-4H3;3H,1,4H2,2H3;1-2H3. The molecule has 8 nitrogen and oxygen atoms in total. The van der Waals surface area contributed by atoms with Crippen molar-refractivity contribution in [2.45, 2.75) is 54.9 Å². The third-order valence-corrected chi connectivity index (χ3v) is 5.55. The lowest BCUT2D eigenvalue weighted by Gasteiger charge is -2.26. The Kier molecular flexibility index (Phi) is 7.20. The van der Waals surface area contributed by atoms with Crippen LogP contribution in [0.3, 0.4) is 0 Å². The first kappa shape index (κ1) is 24.9. The first-order chi connectivity index (χ1) is 13.5. The molecule has 0 amide bonds. The first-order valence-electron chi connectivity index (χ1n) is 9.18. The SMILES string of the molecule is C=C1C=C(C)C(=O)C(=O)C1.CC1(C)C(=O)OC(=O)C1(C)C.CC1=C(C)C(=O)OC1=O. The van der Waals surface area contributed by atoms with Crippen LogP contribution in [0.2, 0.25) is 0 Å². The van der Waals surface area contributed by atoms with Gasteiger partial charge in [0.2, 0.25) is 11.6 Å². The maximum Gasteiger partial charge on any atom is 0.342 e. The molecule has 1 saturated heterocycles. The molecule has 0 aromatic heterocycles. The molecule has 0 unspecified atom stereocenters. The van der Waals surface area contributed by atoms with Crippen molar-refractivity contribution in [1.82, 2.24) is 0 Å². The second kappa shape index (κ2) is 8.69. The van der Waals surface area contributed by atoms with Crippen LogP contribution in [0.25, 0.3) is 0 Å². The number of esters is 4. The summed E-state index contributed by atoms with van der Waals surface area (Å²) in [5.41, 5.74) is 0.678. The van der Waals surface area contributed by atoms with Crippen molar-refractivity contribution < 1.29 is 38.2 Å².